The van der Waals surface area contributed by atoms with E-state index in [1.807, 2.05) is 0 Å². The van der Waals surface area contributed by atoms with Crippen LogP contribution in [0.2, 0.25) is 5.02 Å². The van der Waals surface area contributed by atoms with Crippen molar-refractivity contribution in [3.05, 3.63) is 45.1 Å². The minimum Gasteiger partial charge on any atom is -0.461 e. The van der Waals surface area contributed by atoms with Gasteiger partial charge in [-0.1, -0.05) is 11.6 Å². The first kappa shape index (κ1) is 15.4. The van der Waals surface area contributed by atoms with Gasteiger partial charge in [-0.25, -0.2) is 14.2 Å². The van der Waals surface area contributed by atoms with Crippen LogP contribution in [0.25, 0.3) is 0 Å². The fourth-order valence-corrected chi connectivity index (χ4v) is 2.30. The van der Waals surface area contributed by atoms with Gasteiger partial charge in [-0.2, -0.15) is 0 Å². The van der Waals surface area contributed by atoms with Crippen molar-refractivity contribution in [3.63, 3.8) is 0 Å². The Morgan fingerprint density at radius 2 is 2.24 bits per heavy atom. The third-order valence-corrected chi connectivity index (χ3v) is 3.48. The van der Waals surface area contributed by atoms with E-state index >= 15 is 0 Å². The first-order chi connectivity index (χ1) is 10.0. The molecule has 0 spiro atoms. The molecular weight excluding hydrogens is 319 g/mol. The number of rotatable bonds is 4. The molecule has 0 saturated carbocycles. The van der Waals surface area contributed by atoms with E-state index in [1.54, 1.807) is 6.92 Å². The van der Waals surface area contributed by atoms with Crippen molar-refractivity contribution in [2.45, 2.75) is 6.92 Å². The zero-order chi connectivity index (χ0) is 15.4. The maximum absolute atomic E-state index is 13.0. The molecule has 0 aliphatic rings. The van der Waals surface area contributed by atoms with Crippen molar-refractivity contribution in [2.75, 3.05) is 11.9 Å². The van der Waals surface area contributed by atoms with Gasteiger partial charge in [0.05, 0.1) is 11.6 Å². The van der Waals surface area contributed by atoms with Crippen LogP contribution in [0, 0.1) is 5.82 Å². The van der Waals surface area contributed by atoms with Crippen LogP contribution in [0.1, 0.15) is 27.2 Å². The van der Waals surface area contributed by atoms with Gasteiger partial charge in [0.1, 0.15) is 11.5 Å². The van der Waals surface area contributed by atoms with Gasteiger partial charge in [0.25, 0.3) is 5.91 Å². The molecule has 1 N–H and O–H groups in total. The Labute approximate surface area is 128 Å². The molecular formula is C13H10ClFN2O3S. The zero-order valence-corrected chi connectivity index (χ0v) is 12.4. The molecule has 1 aromatic heterocycles. The number of aromatic nitrogens is 1. The van der Waals surface area contributed by atoms with Gasteiger partial charge in [0.15, 0.2) is 0 Å². The Hall–Kier alpha value is -1.99. The number of nitrogens with one attached hydrogen (secondary N) is 1. The maximum atomic E-state index is 13.0. The first-order valence-corrected chi connectivity index (χ1v) is 7.16. The van der Waals surface area contributed by atoms with Gasteiger partial charge in [-0.15, -0.1) is 11.3 Å². The van der Waals surface area contributed by atoms with Crippen LogP contribution in [-0.2, 0) is 4.74 Å². The summed E-state index contributed by atoms with van der Waals surface area (Å²) in [5, 5.41) is 3.95. The average molecular weight is 329 g/mol. The van der Waals surface area contributed by atoms with E-state index in [0.717, 1.165) is 17.4 Å². The molecule has 1 heterocycles. The van der Waals surface area contributed by atoms with Crippen LogP contribution in [0.3, 0.4) is 0 Å². The molecule has 110 valence electrons. The summed E-state index contributed by atoms with van der Waals surface area (Å²) in [6.45, 7) is 1.91. The van der Waals surface area contributed by atoms with Crippen LogP contribution >= 0.6 is 22.9 Å². The fraction of sp³-hybridized carbons (Fsp3) is 0.154. The predicted octanol–water partition coefficient (Wildman–Crippen LogP) is 3.36. The Morgan fingerprint density at radius 1 is 1.48 bits per heavy atom. The van der Waals surface area contributed by atoms with Crippen LogP contribution < -0.4 is 5.32 Å². The topological polar surface area (TPSA) is 68.3 Å². The molecule has 0 radical (unpaired) electrons. The quantitative estimate of drug-likeness (QED) is 0.874. The third-order valence-electron chi connectivity index (χ3n) is 2.36. The summed E-state index contributed by atoms with van der Waals surface area (Å²) in [4.78, 5) is 27.3. The number of hydrogen-bond acceptors (Lipinski definition) is 5. The normalized spacial score (nSPS) is 10.2. The Morgan fingerprint density at radius 3 is 2.90 bits per heavy atom. The fourth-order valence-electron chi connectivity index (χ4n) is 1.43. The second-order valence-corrected chi connectivity index (χ2v) is 5.11. The number of anilines is 1. The standard InChI is InChI=1S/C13H10ClFN2O3S/c1-2-20-13(19)12-17-10(6-21-12)11(18)16-7-3-4-9(15)8(14)5-7/h3-6H,2H2,1H3,(H,16,18). The highest BCUT2D eigenvalue weighted by Gasteiger charge is 2.16. The molecule has 2 rings (SSSR count). The molecule has 0 fully saturated rings. The summed E-state index contributed by atoms with van der Waals surface area (Å²) in [6.07, 6.45) is 0. The van der Waals surface area contributed by atoms with E-state index in [1.165, 1.54) is 17.5 Å². The average Bonchev–Trinajstić information content (AvgIpc) is 2.93. The molecule has 0 saturated heterocycles. The molecule has 5 nitrogen and oxygen atoms in total. The van der Waals surface area contributed by atoms with Gasteiger partial charge in [-0.3, -0.25) is 4.79 Å². The number of carbonyl (C=O) groups is 2. The van der Waals surface area contributed by atoms with E-state index in [9.17, 15) is 14.0 Å². The van der Waals surface area contributed by atoms with Crippen LogP contribution in [0.15, 0.2) is 23.6 Å². The summed E-state index contributed by atoms with van der Waals surface area (Å²) in [5.41, 5.74) is 0.403. The highest BCUT2D eigenvalue weighted by Crippen LogP contribution is 2.20. The van der Waals surface area contributed by atoms with Gasteiger partial charge in [0.2, 0.25) is 5.01 Å². The van der Waals surface area contributed by atoms with Gasteiger partial charge in [0, 0.05) is 11.1 Å². The number of carbonyl (C=O) groups excluding carboxylic acids is 2. The summed E-state index contributed by atoms with van der Waals surface area (Å²) >= 11 is 6.63. The summed E-state index contributed by atoms with van der Waals surface area (Å²) in [7, 11) is 0. The van der Waals surface area contributed by atoms with Crippen LogP contribution in [0.4, 0.5) is 10.1 Å². The van der Waals surface area contributed by atoms with E-state index in [0.29, 0.717) is 5.69 Å². The molecule has 1 amide bonds. The number of amides is 1. The van der Waals surface area contributed by atoms with E-state index in [-0.39, 0.29) is 22.3 Å². The zero-order valence-electron chi connectivity index (χ0n) is 10.9. The number of esters is 1. The summed E-state index contributed by atoms with van der Waals surface area (Å²) < 4.78 is 17.8. The number of benzene rings is 1. The monoisotopic (exact) mass is 328 g/mol. The van der Waals surface area contributed by atoms with Gasteiger partial charge >= 0.3 is 5.97 Å². The lowest BCUT2D eigenvalue weighted by Gasteiger charge is -2.04. The van der Waals surface area contributed by atoms with Crippen LogP contribution in [-0.4, -0.2) is 23.5 Å². The van der Waals surface area contributed by atoms with Crippen molar-refractivity contribution in [3.8, 4) is 0 Å². The minimum atomic E-state index is -0.577. The lowest BCUT2D eigenvalue weighted by molar-refractivity contribution is 0.0526. The Balaban J connectivity index is 2.10. The van der Waals surface area contributed by atoms with Gasteiger partial charge in [-0.05, 0) is 25.1 Å². The lowest BCUT2D eigenvalue weighted by Crippen LogP contribution is -2.13. The van der Waals surface area contributed by atoms with E-state index in [2.05, 4.69) is 10.3 Å². The first-order valence-electron chi connectivity index (χ1n) is 5.90. The largest absolute Gasteiger partial charge is 0.461 e. The summed E-state index contributed by atoms with van der Waals surface area (Å²) in [6, 6.07) is 3.80. The molecule has 1 aromatic carbocycles. The van der Waals surface area contributed by atoms with Crippen LogP contribution in [0.5, 0.6) is 0 Å². The number of thiazole rings is 1. The van der Waals surface area contributed by atoms with Crippen molar-refractivity contribution in [1.29, 1.82) is 0 Å². The SMILES string of the molecule is CCOC(=O)c1nc(C(=O)Nc2ccc(F)c(Cl)c2)cs1. The highest BCUT2D eigenvalue weighted by atomic mass is 35.5. The molecule has 0 unspecified atom stereocenters. The van der Waals surface area contributed by atoms with Gasteiger partial charge < -0.3 is 10.1 Å². The molecule has 2 aromatic rings. The van der Waals surface area contributed by atoms with E-state index < -0.39 is 17.7 Å². The third kappa shape index (κ3) is 3.77. The number of nitrogens with zero attached hydrogens (tertiary/aromatic N) is 1. The van der Waals surface area contributed by atoms with E-state index in [4.69, 9.17) is 16.3 Å². The number of hydrogen-bond donors (Lipinski definition) is 1. The predicted molar refractivity (Wildman–Crippen MR) is 77.4 cm³/mol. The van der Waals surface area contributed by atoms with Crippen molar-refractivity contribution < 1.29 is 18.7 Å². The minimum absolute atomic E-state index is 0.0727. The lowest BCUT2D eigenvalue weighted by atomic mass is 10.3. The molecule has 8 heteroatoms. The smallest absolute Gasteiger partial charge is 0.367 e. The Kier molecular flexibility index (Phi) is 4.87. The number of ether oxygens (including phenoxy) is 1. The van der Waals surface area contributed by atoms with Crippen molar-refractivity contribution in [2.24, 2.45) is 0 Å². The number of halogens is 2. The second-order valence-electron chi connectivity index (χ2n) is 3.84. The highest BCUT2D eigenvalue weighted by molar-refractivity contribution is 7.11. The van der Waals surface area contributed by atoms with Crippen molar-refractivity contribution >= 4 is 40.5 Å². The molecule has 0 aliphatic carbocycles. The maximum Gasteiger partial charge on any atom is 0.367 e. The molecule has 0 atom stereocenters. The molecule has 0 bridgehead atoms. The molecule has 0 aliphatic heterocycles. The second kappa shape index (κ2) is 6.64. The summed E-state index contributed by atoms with van der Waals surface area (Å²) in [5.74, 6) is -1.68. The Bertz CT molecular complexity index is 690. The van der Waals surface area contributed by atoms with Crippen molar-refractivity contribution in [1.82, 2.24) is 4.98 Å². The molecule has 21 heavy (non-hydrogen) atoms.